The number of nitrogens with one attached hydrogen (secondary N) is 1. The molecule has 0 unspecified atom stereocenters. The number of hydrogen-bond acceptors (Lipinski definition) is 6. The third-order valence-electron chi connectivity index (χ3n) is 6.27. The first kappa shape index (κ1) is 15.8. The highest BCUT2D eigenvalue weighted by Gasteiger charge is 2.66. The van der Waals surface area contributed by atoms with E-state index in [0.717, 1.165) is 19.3 Å². The molecule has 3 fully saturated rings. The van der Waals surface area contributed by atoms with E-state index in [1.165, 1.54) is 19.3 Å². The maximum atomic E-state index is 10.1. The van der Waals surface area contributed by atoms with Gasteiger partial charge in [0.05, 0.1) is 24.1 Å². The van der Waals surface area contributed by atoms with Gasteiger partial charge in [-0.2, -0.15) is 9.97 Å². The van der Waals surface area contributed by atoms with Crippen LogP contribution in [0.2, 0.25) is 5.28 Å². The Hall–Kier alpha value is -1.44. The number of anilines is 1. The van der Waals surface area contributed by atoms with Gasteiger partial charge in [0.15, 0.2) is 17.0 Å². The van der Waals surface area contributed by atoms with Crippen LogP contribution < -0.4 is 5.32 Å². The molecular weight excluding hydrogens is 342 g/mol. The summed E-state index contributed by atoms with van der Waals surface area (Å²) in [6.45, 7) is 0. The molecule has 0 amide bonds. The summed E-state index contributed by atoms with van der Waals surface area (Å²) in [6.07, 6.45) is 7.78. The molecule has 0 spiro atoms. The molecule has 3 aliphatic rings. The second kappa shape index (κ2) is 5.53. The summed E-state index contributed by atoms with van der Waals surface area (Å²) in [5, 5.41) is 23.8. The number of nitrogens with zero attached hydrogens (tertiary/aromatic N) is 4. The minimum atomic E-state index is -0.687. The Morgan fingerprint density at radius 1 is 1.16 bits per heavy atom. The van der Waals surface area contributed by atoms with Gasteiger partial charge in [0.1, 0.15) is 0 Å². The van der Waals surface area contributed by atoms with Crippen molar-refractivity contribution in [2.24, 2.45) is 5.92 Å². The van der Waals surface area contributed by atoms with E-state index in [-0.39, 0.29) is 16.7 Å². The van der Waals surface area contributed by atoms with Crippen LogP contribution in [0.1, 0.15) is 44.9 Å². The van der Waals surface area contributed by atoms with E-state index in [0.29, 0.717) is 29.4 Å². The zero-order valence-electron chi connectivity index (χ0n) is 13.9. The number of fused-ring (bicyclic) bond motifs is 2. The maximum Gasteiger partial charge on any atom is 0.226 e. The second-order valence-corrected chi connectivity index (χ2v) is 8.12. The molecule has 0 aliphatic heterocycles. The molecule has 134 valence electrons. The molecule has 7 nitrogen and oxygen atoms in total. The van der Waals surface area contributed by atoms with Crippen molar-refractivity contribution in [1.29, 1.82) is 0 Å². The highest BCUT2D eigenvalue weighted by molar-refractivity contribution is 6.28. The summed E-state index contributed by atoms with van der Waals surface area (Å²) >= 11 is 6.19. The standard InChI is InChI=1S/C17H22ClN5O2/c18-16-21-14(20-9-4-2-1-3-5-9)12-15(22-16)23(8-19-12)17-6-10(17)13(25)11(24)7-17/h8-11,13,24-25H,1-7H2,(H,20,21,22)/t10-,11-,13+,17-/m0/s1. The van der Waals surface area contributed by atoms with Crippen LogP contribution in [0, 0.1) is 5.92 Å². The van der Waals surface area contributed by atoms with Crippen molar-refractivity contribution in [2.75, 3.05) is 5.32 Å². The SMILES string of the molecule is O[C@H]1[C@@H](O)C[C@@]2(n3cnc4c(NC5CCCCC5)nc(Cl)nc43)C[C@@H]12. The molecule has 3 aliphatic carbocycles. The van der Waals surface area contributed by atoms with Crippen LogP contribution in [0.25, 0.3) is 11.2 Å². The van der Waals surface area contributed by atoms with Crippen LogP contribution >= 0.6 is 11.6 Å². The topological polar surface area (TPSA) is 96.1 Å². The predicted octanol–water partition coefficient (Wildman–Crippen LogP) is 2.06. The van der Waals surface area contributed by atoms with Crippen molar-refractivity contribution in [3.05, 3.63) is 11.6 Å². The van der Waals surface area contributed by atoms with E-state index >= 15 is 0 Å². The number of aliphatic hydroxyl groups is 2. The van der Waals surface area contributed by atoms with Crippen LogP contribution in [0.3, 0.4) is 0 Å². The first-order chi connectivity index (χ1) is 12.1. The van der Waals surface area contributed by atoms with Crippen molar-refractivity contribution >= 4 is 28.6 Å². The second-order valence-electron chi connectivity index (χ2n) is 7.78. The largest absolute Gasteiger partial charge is 0.390 e. The molecule has 5 rings (SSSR count). The van der Waals surface area contributed by atoms with Crippen LogP contribution in [0.5, 0.6) is 0 Å². The monoisotopic (exact) mass is 363 g/mol. The van der Waals surface area contributed by atoms with Gasteiger partial charge in [-0.1, -0.05) is 19.3 Å². The number of aliphatic hydroxyl groups excluding tert-OH is 2. The average Bonchev–Trinajstić information content (AvgIpc) is 3.04. The molecule has 2 heterocycles. The lowest BCUT2D eigenvalue weighted by Crippen LogP contribution is -2.23. The normalized spacial score (nSPS) is 35.1. The molecule has 4 atom stereocenters. The third kappa shape index (κ3) is 2.36. The van der Waals surface area contributed by atoms with Gasteiger partial charge in [0, 0.05) is 12.0 Å². The van der Waals surface area contributed by atoms with Crippen molar-refractivity contribution in [3.63, 3.8) is 0 Å². The smallest absolute Gasteiger partial charge is 0.226 e. The Kier molecular flexibility index (Phi) is 3.49. The fraction of sp³-hybridized carbons (Fsp3) is 0.706. The van der Waals surface area contributed by atoms with Crippen molar-refractivity contribution in [1.82, 2.24) is 19.5 Å². The fourth-order valence-electron chi connectivity index (χ4n) is 4.86. The molecule has 0 aromatic carbocycles. The summed E-state index contributed by atoms with van der Waals surface area (Å²) in [7, 11) is 0. The molecule has 0 bridgehead atoms. The number of halogens is 1. The first-order valence-corrected chi connectivity index (χ1v) is 9.50. The van der Waals surface area contributed by atoms with Crippen LogP contribution in [0.4, 0.5) is 5.82 Å². The van der Waals surface area contributed by atoms with Gasteiger partial charge < -0.3 is 20.1 Å². The van der Waals surface area contributed by atoms with E-state index in [9.17, 15) is 10.2 Å². The highest BCUT2D eigenvalue weighted by Crippen LogP contribution is 2.62. The average molecular weight is 364 g/mol. The van der Waals surface area contributed by atoms with E-state index < -0.39 is 12.2 Å². The summed E-state index contributed by atoms with van der Waals surface area (Å²) in [5.74, 6) is 0.747. The Morgan fingerprint density at radius 2 is 1.96 bits per heavy atom. The third-order valence-corrected chi connectivity index (χ3v) is 6.44. The van der Waals surface area contributed by atoms with Crippen molar-refractivity contribution < 1.29 is 10.2 Å². The van der Waals surface area contributed by atoms with Gasteiger partial charge in [-0.15, -0.1) is 0 Å². The molecule has 3 saturated carbocycles. The van der Waals surface area contributed by atoms with Gasteiger partial charge >= 0.3 is 0 Å². The lowest BCUT2D eigenvalue weighted by atomic mass is 9.95. The van der Waals surface area contributed by atoms with E-state index in [2.05, 4.69) is 20.3 Å². The van der Waals surface area contributed by atoms with E-state index in [1.807, 2.05) is 4.57 Å². The molecule has 2 aromatic rings. The molecular formula is C17H22ClN5O2. The number of hydrogen-bond donors (Lipinski definition) is 3. The lowest BCUT2D eigenvalue weighted by Gasteiger charge is -2.23. The van der Waals surface area contributed by atoms with Gasteiger partial charge in [-0.3, -0.25) is 0 Å². The molecule has 8 heteroatoms. The van der Waals surface area contributed by atoms with Gasteiger partial charge in [0.25, 0.3) is 0 Å². The van der Waals surface area contributed by atoms with Crippen LogP contribution in [-0.4, -0.2) is 48.0 Å². The molecule has 2 aromatic heterocycles. The Bertz CT molecular complexity index is 821. The zero-order chi connectivity index (χ0) is 17.2. The number of rotatable bonds is 3. The van der Waals surface area contributed by atoms with Crippen molar-refractivity contribution in [3.8, 4) is 0 Å². The quantitative estimate of drug-likeness (QED) is 0.722. The molecule has 0 radical (unpaired) electrons. The molecule has 0 saturated heterocycles. The Balaban J connectivity index is 1.53. The lowest BCUT2D eigenvalue weighted by molar-refractivity contribution is 0.0246. The minimum Gasteiger partial charge on any atom is -0.390 e. The highest BCUT2D eigenvalue weighted by atomic mass is 35.5. The van der Waals surface area contributed by atoms with Crippen molar-refractivity contribution in [2.45, 2.75) is 68.7 Å². The van der Waals surface area contributed by atoms with Gasteiger partial charge in [-0.05, 0) is 37.3 Å². The van der Waals surface area contributed by atoms with E-state index in [4.69, 9.17) is 11.6 Å². The van der Waals surface area contributed by atoms with E-state index in [1.54, 1.807) is 6.33 Å². The summed E-state index contributed by atoms with van der Waals surface area (Å²) in [6, 6.07) is 0.398. The number of imidazole rings is 1. The Labute approximate surface area is 150 Å². The number of aromatic nitrogens is 4. The summed E-state index contributed by atoms with van der Waals surface area (Å²) in [5.41, 5.74) is 1.11. The Morgan fingerprint density at radius 3 is 2.68 bits per heavy atom. The molecule has 25 heavy (non-hydrogen) atoms. The maximum absolute atomic E-state index is 10.1. The van der Waals surface area contributed by atoms with Gasteiger partial charge in [-0.25, -0.2) is 4.98 Å². The van der Waals surface area contributed by atoms with Crippen LogP contribution in [0.15, 0.2) is 6.33 Å². The van der Waals surface area contributed by atoms with Crippen LogP contribution in [-0.2, 0) is 5.54 Å². The zero-order valence-corrected chi connectivity index (χ0v) is 14.7. The molecule has 3 N–H and O–H groups in total. The summed E-state index contributed by atoms with van der Waals surface area (Å²) < 4.78 is 1.99. The fourth-order valence-corrected chi connectivity index (χ4v) is 5.03. The minimum absolute atomic E-state index is 0.0587. The first-order valence-electron chi connectivity index (χ1n) is 9.12. The van der Waals surface area contributed by atoms with Gasteiger partial charge in [0.2, 0.25) is 5.28 Å². The predicted molar refractivity (Wildman–Crippen MR) is 93.5 cm³/mol. The summed E-state index contributed by atoms with van der Waals surface area (Å²) in [4.78, 5) is 13.3.